The molecule has 0 unspecified atom stereocenters. The average Bonchev–Trinajstić information content (AvgIpc) is 2.78. The summed E-state index contributed by atoms with van der Waals surface area (Å²) in [5, 5.41) is 0. The van der Waals surface area contributed by atoms with Gasteiger partial charge in [-0.1, -0.05) is 97.1 Å². The highest BCUT2D eigenvalue weighted by molar-refractivity contribution is 5.47. The Morgan fingerprint density at radius 3 is 1.50 bits per heavy atom. The van der Waals surface area contributed by atoms with Gasteiger partial charge in [0.25, 0.3) is 0 Å². The van der Waals surface area contributed by atoms with Gasteiger partial charge in [-0.15, -0.1) is 6.58 Å². The highest BCUT2D eigenvalue weighted by Crippen LogP contribution is 2.40. The van der Waals surface area contributed by atoms with Crippen molar-refractivity contribution in [1.82, 2.24) is 0 Å². The van der Waals surface area contributed by atoms with E-state index >= 15 is 0 Å². The second kappa shape index (κ2) is 10.6. The summed E-state index contributed by atoms with van der Waals surface area (Å²) in [6.07, 6.45) is 3.68. The lowest BCUT2D eigenvalue weighted by Crippen LogP contribution is -2.33. The molecule has 0 fully saturated rings. The molecular weight excluding hydrogens is 344 g/mol. The Balaban J connectivity index is 1.92. The molecular formula is C26H28O2. The van der Waals surface area contributed by atoms with Crippen molar-refractivity contribution >= 4 is 0 Å². The molecule has 0 radical (unpaired) electrons. The first-order valence-electron chi connectivity index (χ1n) is 9.87. The molecule has 0 aliphatic rings. The highest BCUT2D eigenvalue weighted by Gasteiger charge is 2.37. The monoisotopic (exact) mass is 372 g/mol. The van der Waals surface area contributed by atoms with Gasteiger partial charge in [-0.25, -0.2) is 0 Å². The molecule has 2 heteroatoms. The molecule has 2 nitrogen and oxygen atoms in total. The maximum absolute atomic E-state index is 6.72. The largest absolute Gasteiger partial charge is 0.377 e. The summed E-state index contributed by atoms with van der Waals surface area (Å²) in [6.45, 7) is 5.65. The summed E-state index contributed by atoms with van der Waals surface area (Å²) in [5.41, 5.74) is 2.77. The van der Waals surface area contributed by atoms with E-state index in [2.05, 4.69) is 79.4 Å². The Hall–Kier alpha value is -2.68. The van der Waals surface area contributed by atoms with Gasteiger partial charge in [-0.05, 0) is 29.5 Å². The van der Waals surface area contributed by atoms with Gasteiger partial charge in [0.2, 0.25) is 0 Å². The Morgan fingerprint density at radius 2 is 1.07 bits per heavy atom. The van der Waals surface area contributed by atoms with E-state index in [1.54, 1.807) is 6.08 Å². The first kappa shape index (κ1) is 20.1. The Labute approximate surface area is 168 Å². The Bertz CT molecular complexity index is 716. The van der Waals surface area contributed by atoms with Crippen LogP contribution in [0.2, 0.25) is 0 Å². The summed E-state index contributed by atoms with van der Waals surface area (Å²) in [4.78, 5) is 0. The SMILES string of the molecule is C=CCOCCCCOC(c1ccccc1)(c1ccccc1)c1ccccc1. The Kier molecular flexibility index (Phi) is 7.60. The summed E-state index contributed by atoms with van der Waals surface area (Å²) in [5.74, 6) is 0. The number of unbranched alkanes of at least 4 members (excludes halogenated alkanes) is 1. The normalized spacial score (nSPS) is 11.3. The van der Waals surface area contributed by atoms with Crippen molar-refractivity contribution in [3.8, 4) is 0 Å². The minimum Gasteiger partial charge on any atom is -0.377 e. The van der Waals surface area contributed by atoms with Gasteiger partial charge < -0.3 is 9.47 Å². The minimum absolute atomic E-state index is 0.600. The van der Waals surface area contributed by atoms with Crippen LogP contribution in [0, 0.1) is 0 Å². The van der Waals surface area contributed by atoms with Crippen molar-refractivity contribution in [1.29, 1.82) is 0 Å². The van der Waals surface area contributed by atoms with Gasteiger partial charge >= 0.3 is 0 Å². The molecule has 0 aliphatic carbocycles. The van der Waals surface area contributed by atoms with Crippen molar-refractivity contribution in [2.24, 2.45) is 0 Å². The third-order valence-electron chi connectivity index (χ3n) is 4.78. The molecule has 0 heterocycles. The van der Waals surface area contributed by atoms with Crippen molar-refractivity contribution in [3.63, 3.8) is 0 Å². The lowest BCUT2D eigenvalue weighted by atomic mass is 9.80. The van der Waals surface area contributed by atoms with Crippen molar-refractivity contribution in [2.75, 3.05) is 19.8 Å². The number of hydrogen-bond donors (Lipinski definition) is 0. The molecule has 0 N–H and O–H groups in total. The van der Waals surface area contributed by atoms with Gasteiger partial charge in [0.1, 0.15) is 5.60 Å². The smallest absolute Gasteiger partial charge is 0.143 e. The third-order valence-corrected chi connectivity index (χ3v) is 4.78. The van der Waals surface area contributed by atoms with Gasteiger partial charge in [0.05, 0.1) is 6.61 Å². The van der Waals surface area contributed by atoms with Crippen LogP contribution in [0.25, 0.3) is 0 Å². The fourth-order valence-corrected chi connectivity index (χ4v) is 3.47. The molecule has 0 atom stereocenters. The molecule has 0 amide bonds. The second-order valence-electron chi connectivity index (χ2n) is 6.70. The molecule has 144 valence electrons. The summed E-state index contributed by atoms with van der Waals surface area (Å²) in [6, 6.07) is 31.4. The summed E-state index contributed by atoms with van der Waals surface area (Å²) < 4.78 is 12.2. The maximum Gasteiger partial charge on any atom is 0.143 e. The van der Waals surface area contributed by atoms with Crippen LogP contribution in [-0.2, 0) is 15.1 Å². The molecule has 28 heavy (non-hydrogen) atoms. The zero-order chi connectivity index (χ0) is 19.5. The second-order valence-corrected chi connectivity index (χ2v) is 6.70. The van der Waals surface area contributed by atoms with Crippen LogP contribution in [0.3, 0.4) is 0 Å². The zero-order valence-electron chi connectivity index (χ0n) is 16.3. The van der Waals surface area contributed by atoms with E-state index < -0.39 is 5.60 Å². The van der Waals surface area contributed by atoms with Crippen LogP contribution < -0.4 is 0 Å². The third kappa shape index (κ3) is 4.78. The molecule has 0 bridgehead atoms. The number of ether oxygens (including phenoxy) is 2. The molecule has 0 aromatic heterocycles. The predicted molar refractivity (Wildman–Crippen MR) is 115 cm³/mol. The number of hydrogen-bond acceptors (Lipinski definition) is 2. The quantitative estimate of drug-likeness (QED) is 0.234. The van der Waals surface area contributed by atoms with E-state index in [1.807, 2.05) is 18.2 Å². The molecule has 3 rings (SSSR count). The van der Waals surface area contributed by atoms with Crippen molar-refractivity contribution in [2.45, 2.75) is 18.4 Å². The predicted octanol–water partition coefficient (Wildman–Crippen LogP) is 5.98. The highest BCUT2D eigenvalue weighted by atomic mass is 16.5. The fraction of sp³-hybridized carbons (Fsp3) is 0.231. The van der Waals surface area contributed by atoms with Gasteiger partial charge in [0.15, 0.2) is 0 Å². The molecule has 0 saturated heterocycles. The standard InChI is InChI=1S/C26H28O2/c1-2-20-27-21-12-13-22-28-26(23-14-6-3-7-15-23,24-16-8-4-9-17-24)25-18-10-5-11-19-25/h2-11,14-19H,1,12-13,20-22H2. The van der Waals surface area contributed by atoms with Crippen LogP contribution in [0.15, 0.2) is 104 Å². The summed E-state index contributed by atoms with van der Waals surface area (Å²) in [7, 11) is 0. The van der Waals surface area contributed by atoms with Crippen LogP contribution >= 0.6 is 0 Å². The first-order valence-corrected chi connectivity index (χ1v) is 9.87. The average molecular weight is 373 g/mol. The zero-order valence-corrected chi connectivity index (χ0v) is 16.3. The first-order chi connectivity index (χ1) is 13.9. The van der Waals surface area contributed by atoms with E-state index in [-0.39, 0.29) is 0 Å². The Morgan fingerprint density at radius 1 is 0.643 bits per heavy atom. The molecule has 0 aliphatic heterocycles. The molecule has 0 saturated carbocycles. The fourth-order valence-electron chi connectivity index (χ4n) is 3.47. The van der Waals surface area contributed by atoms with Gasteiger partial charge in [0, 0.05) is 13.2 Å². The number of benzene rings is 3. The van der Waals surface area contributed by atoms with E-state index in [0.717, 1.165) is 36.1 Å². The van der Waals surface area contributed by atoms with E-state index in [0.29, 0.717) is 13.2 Å². The lowest BCUT2D eigenvalue weighted by molar-refractivity contribution is 0.00802. The molecule has 3 aromatic rings. The minimum atomic E-state index is -0.633. The van der Waals surface area contributed by atoms with Crippen LogP contribution in [0.1, 0.15) is 29.5 Å². The van der Waals surface area contributed by atoms with E-state index in [4.69, 9.17) is 9.47 Å². The van der Waals surface area contributed by atoms with Crippen LogP contribution in [0.5, 0.6) is 0 Å². The van der Waals surface area contributed by atoms with Gasteiger partial charge in [-0.3, -0.25) is 0 Å². The van der Waals surface area contributed by atoms with Crippen molar-refractivity contribution in [3.05, 3.63) is 120 Å². The topological polar surface area (TPSA) is 18.5 Å². The van der Waals surface area contributed by atoms with Crippen LogP contribution in [-0.4, -0.2) is 19.8 Å². The maximum atomic E-state index is 6.72. The molecule has 0 spiro atoms. The summed E-state index contributed by atoms with van der Waals surface area (Å²) >= 11 is 0. The van der Waals surface area contributed by atoms with E-state index in [9.17, 15) is 0 Å². The van der Waals surface area contributed by atoms with Crippen molar-refractivity contribution < 1.29 is 9.47 Å². The number of rotatable bonds is 11. The van der Waals surface area contributed by atoms with Gasteiger partial charge in [-0.2, -0.15) is 0 Å². The lowest BCUT2D eigenvalue weighted by Gasteiger charge is -2.36. The van der Waals surface area contributed by atoms with Crippen LogP contribution in [0.4, 0.5) is 0 Å². The molecule has 3 aromatic carbocycles. The van der Waals surface area contributed by atoms with E-state index in [1.165, 1.54) is 0 Å².